The highest BCUT2D eigenvalue weighted by molar-refractivity contribution is 6.33. The fraction of sp³-hybridized carbons (Fsp3) is 0.0769. The molecule has 0 fully saturated rings. The van der Waals surface area contributed by atoms with E-state index in [1.165, 1.54) is 0 Å². The SMILES string of the molecule is Cc1ccc(-c2nc3c(Cl)cccn3c2N)nc1. The van der Waals surface area contributed by atoms with Gasteiger partial charge in [0.2, 0.25) is 0 Å². The highest BCUT2D eigenvalue weighted by Crippen LogP contribution is 2.27. The Morgan fingerprint density at radius 1 is 1.28 bits per heavy atom. The first-order valence-corrected chi connectivity index (χ1v) is 5.89. The molecule has 4 nitrogen and oxygen atoms in total. The number of nitrogen functional groups attached to an aromatic ring is 1. The van der Waals surface area contributed by atoms with Crippen LogP contribution in [0.4, 0.5) is 5.82 Å². The Hall–Kier alpha value is -2.07. The molecule has 5 heteroatoms. The van der Waals surface area contributed by atoms with Crippen molar-refractivity contribution < 1.29 is 0 Å². The Balaban J connectivity index is 2.27. The summed E-state index contributed by atoms with van der Waals surface area (Å²) in [4.78, 5) is 8.79. The molecule has 18 heavy (non-hydrogen) atoms. The first-order chi connectivity index (χ1) is 8.66. The molecular formula is C13H11ClN4. The number of fused-ring (bicyclic) bond motifs is 1. The van der Waals surface area contributed by atoms with E-state index < -0.39 is 0 Å². The number of hydrogen-bond acceptors (Lipinski definition) is 3. The van der Waals surface area contributed by atoms with Gasteiger partial charge in [0, 0.05) is 12.4 Å². The summed E-state index contributed by atoms with van der Waals surface area (Å²) in [7, 11) is 0. The molecule has 0 radical (unpaired) electrons. The van der Waals surface area contributed by atoms with Gasteiger partial charge in [-0.25, -0.2) is 4.98 Å². The molecule has 0 aliphatic rings. The van der Waals surface area contributed by atoms with Crippen LogP contribution in [0.25, 0.3) is 17.0 Å². The molecule has 3 rings (SSSR count). The minimum Gasteiger partial charge on any atom is -0.383 e. The van der Waals surface area contributed by atoms with Gasteiger partial charge in [-0.1, -0.05) is 17.7 Å². The third-order valence-corrected chi connectivity index (χ3v) is 3.09. The summed E-state index contributed by atoms with van der Waals surface area (Å²) in [5, 5.41) is 0.572. The third-order valence-electron chi connectivity index (χ3n) is 2.79. The molecule has 3 heterocycles. The highest BCUT2D eigenvalue weighted by Gasteiger charge is 2.13. The normalized spacial score (nSPS) is 11.0. The second kappa shape index (κ2) is 3.99. The maximum Gasteiger partial charge on any atom is 0.158 e. The van der Waals surface area contributed by atoms with Crippen LogP contribution in [0.15, 0.2) is 36.7 Å². The first-order valence-electron chi connectivity index (χ1n) is 5.52. The molecule has 0 saturated heterocycles. The number of rotatable bonds is 1. The van der Waals surface area contributed by atoms with E-state index in [1.807, 2.05) is 31.3 Å². The largest absolute Gasteiger partial charge is 0.383 e. The van der Waals surface area contributed by atoms with Gasteiger partial charge in [-0.2, -0.15) is 0 Å². The number of hydrogen-bond donors (Lipinski definition) is 1. The van der Waals surface area contributed by atoms with Crippen molar-refractivity contribution in [3.63, 3.8) is 0 Å². The Labute approximate surface area is 109 Å². The van der Waals surface area contributed by atoms with Crippen LogP contribution in [0, 0.1) is 6.92 Å². The highest BCUT2D eigenvalue weighted by atomic mass is 35.5. The summed E-state index contributed by atoms with van der Waals surface area (Å²) in [6, 6.07) is 7.50. The van der Waals surface area contributed by atoms with Crippen LogP contribution in [-0.2, 0) is 0 Å². The maximum atomic E-state index is 6.10. The van der Waals surface area contributed by atoms with Crippen LogP contribution >= 0.6 is 11.6 Å². The Bertz CT molecular complexity index is 716. The van der Waals surface area contributed by atoms with Crippen molar-refractivity contribution in [2.24, 2.45) is 0 Å². The fourth-order valence-electron chi connectivity index (χ4n) is 1.85. The number of imidazole rings is 1. The third kappa shape index (κ3) is 1.62. The standard InChI is InChI=1S/C13H11ClN4/c1-8-4-5-10(16-7-8)11-12(15)18-6-2-3-9(14)13(18)17-11/h2-7H,15H2,1H3. The Kier molecular flexibility index (Phi) is 2.45. The molecule has 0 aliphatic carbocycles. The van der Waals surface area contributed by atoms with E-state index in [0.717, 1.165) is 11.3 Å². The average molecular weight is 259 g/mol. The van der Waals surface area contributed by atoms with Crippen molar-refractivity contribution in [2.75, 3.05) is 5.73 Å². The topological polar surface area (TPSA) is 56.2 Å². The van der Waals surface area contributed by atoms with Crippen LogP contribution in [0.2, 0.25) is 5.02 Å². The van der Waals surface area contributed by atoms with Gasteiger partial charge in [-0.3, -0.25) is 9.38 Å². The molecule has 0 bridgehead atoms. The Morgan fingerprint density at radius 2 is 2.11 bits per heavy atom. The van der Waals surface area contributed by atoms with E-state index in [1.54, 1.807) is 16.7 Å². The Morgan fingerprint density at radius 3 is 2.78 bits per heavy atom. The van der Waals surface area contributed by atoms with Crippen LogP contribution in [0.1, 0.15) is 5.56 Å². The van der Waals surface area contributed by atoms with Gasteiger partial charge in [0.25, 0.3) is 0 Å². The number of halogens is 1. The molecule has 0 aromatic carbocycles. The van der Waals surface area contributed by atoms with Crippen LogP contribution < -0.4 is 5.73 Å². The number of nitrogens with zero attached hydrogens (tertiary/aromatic N) is 3. The first kappa shape index (κ1) is 11.0. The van der Waals surface area contributed by atoms with Gasteiger partial charge in [-0.15, -0.1) is 0 Å². The summed E-state index contributed by atoms with van der Waals surface area (Å²) < 4.78 is 1.76. The number of aromatic nitrogens is 3. The van der Waals surface area contributed by atoms with E-state index in [2.05, 4.69) is 9.97 Å². The van der Waals surface area contributed by atoms with E-state index in [4.69, 9.17) is 17.3 Å². The molecular weight excluding hydrogens is 248 g/mol. The lowest BCUT2D eigenvalue weighted by Gasteiger charge is -1.99. The zero-order valence-electron chi connectivity index (χ0n) is 9.76. The molecule has 0 aliphatic heterocycles. The van der Waals surface area contributed by atoms with Crippen molar-refractivity contribution in [3.8, 4) is 11.4 Å². The zero-order valence-corrected chi connectivity index (χ0v) is 10.5. The van der Waals surface area contributed by atoms with Crippen molar-refractivity contribution >= 4 is 23.1 Å². The van der Waals surface area contributed by atoms with E-state index in [9.17, 15) is 0 Å². The molecule has 2 N–H and O–H groups in total. The van der Waals surface area contributed by atoms with Gasteiger partial charge in [-0.05, 0) is 30.7 Å². The van der Waals surface area contributed by atoms with Gasteiger partial charge in [0.15, 0.2) is 5.65 Å². The number of aryl methyl sites for hydroxylation is 1. The zero-order chi connectivity index (χ0) is 12.7. The minimum absolute atomic E-state index is 0.545. The van der Waals surface area contributed by atoms with Crippen molar-refractivity contribution in [3.05, 3.63) is 47.2 Å². The van der Waals surface area contributed by atoms with Crippen molar-refractivity contribution in [1.82, 2.24) is 14.4 Å². The summed E-state index contributed by atoms with van der Waals surface area (Å²) in [5.41, 5.74) is 9.23. The van der Waals surface area contributed by atoms with E-state index in [-0.39, 0.29) is 0 Å². The number of anilines is 1. The molecule has 3 aromatic heterocycles. The summed E-state index contributed by atoms with van der Waals surface area (Å²) >= 11 is 6.10. The predicted molar refractivity (Wildman–Crippen MR) is 72.6 cm³/mol. The lowest BCUT2D eigenvalue weighted by atomic mass is 10.2. The minimum atomic E-state index is 0.545. The van der Waals surface area contributed by atoms with Gasteiger partial charge < -0.3 is 5.73 Å². The van der Waals surface area contributed by atoms with Gasteiger partial charge in [0.1, 0.15) is 11.5 Å². The molecule has 0 amide bonds. The fourth-order valence-corrected chi connectivity index (χ4v) is 2.06. The number of nitrogens with two attached hydrogens (primary N) is 1. The molecule has 0 unspecified atom stereocenters. The smallest absolute Gasteiger partial charge is 0.158 e. The van der Waals surface area contributed by atoms with Crippen molar-refractivity contribution in [1.29, 1.82) is 0 Å². The van der Waals surface area contributed by atoms with E-state index >= 15 is 0 Å². The number of pyridine rings is 2. The second-order valence-corrected chi connectivity index (χ2v) is 4.52. The monoisotopic (exact) mass is 258 g/mol. The summed E-state index contributed by atoms with van der Waals surface area (Å²) in [6.07, 6.45) is 3.63. The van der Waals surface area contributed by atoms with Crippen molar-refractivity contribution in [2.45, 2.75) is 6.92 Å². The van der Waals surface area contributed by atoms with Crippen LogP contribution in [-0.4, -0.2) is 14.4 Å². The summed E-state index contributed by atoms with van der Waals surface area (Å²) in [6.45, 7) is 1.99. The van der Waals surface area contributed by atoms with Crippen LogP contribution in [0.3, 0.4) is 0 Å². The predicted octanol–water partition coefficient (Wildman–Crippen LogP) is 2.94. The molecule has 0 spiro atoms. The van der Waals surface area contributed by atoms with Crippen LogP contribution in [0.5, 0.6) is 0 Å². The maximum absolute atomic E-state index is 6.10. The molecule has 90 valence electrons. The quantitative estimate of drug-likeness (QED) is 0.730. The van der Waals surface area contributed by atoms with E-state index in [0.29, 0.717) is 22.2 Å². The molecule has 0 atom stereocenters. The molecule has 3 aromatic rings. The lowest BCUT2D eigenvalue weighted by molar-refractivity contribution is 1.20. The van der Waals surface area contributed by atoms with Gasteiger partial charge >= 0.3 is 0 Å². The molecule has 0 saturated carbocycles. The summed E-state index contributed by atoms with van der Waals surface area (Å²) in [5.74, 6) is 0.545. The second-order valence-electron chi connectivity index (χ2n) is 4.12. The average Bonchev–Trinajstić information content (AvgIpc) is 2.70. The lowest BCUT2D eigenvalue weighted by Crippen LogP contribution is -1.94. The van der Waals surface area contributed by atoms with Gasteiger partial charge in [0.05, 0.1) is 10.7 Å².